The van der Waals surface area contributed by atoms with E-state index in [0.717, 1.165) is 18.7 Å². The Bertz CT molecular complexity index is 996. The average molecular weight is 346 g/mol. The summed E-state index contributed by atoms with van der Waals surface area (Å²) in [6.45, 7) is 4.52. The first-order chi connectivity index (χ1) is 12.1. The number of hydrogen-bond donors (Lipinski definition) is 2. The molecule has 132 valence electrons. The number of aromatic nitrogens is 6. The predicted octanol–water partition coefficient (Wildman–Crippen LogP) is 0.0247. The van der Waals surface area contributed by atoms with E-state index in [1.54, 1.807) is 6.20 Å². The Balaban J connectivity index is 2.05. The molecule has 0 aromatic carbocycles. The topological polar surface area (TPSA) is 132 Å². The molecule has 0 bridgehead atoms. The van der Waals surface area contributed by atoms with Crippen LogP contribution in [-0.2, 0) is 19.5 Å². The standard InChI is InChI=1S/C15H18N6O4/c1-3-11-9(7-16-21(11)4-2)14-17-12(19-25-14)10-8-20(5-6-22)15(24)18-13(10)23/h7-8,22H,3-6H2,1-2H3,(H,18,23,24). The summed E-state index contributed by atoms with van der Waals surface area (Å²) in [6.07, 6.45) is 3.70. The van der Waals surface area contributed by atoms with Gasteiger partial charge in [0.05, 0.1) is 30.6 Å². The number of aromatic amines is 1. The number of rotatable bonds is 6. The molecule has 0 saturated heterocycles. The van der Waals surface area contributed by atoms with Crippen molar-refractivity contribution in [2.24, 2.45) is 0 Å². The smallest absolute Gasteiger partial charge is 0.328 e. The van der Waals surface area contributed by atoms with Gasteiger partial charge in [0.2, 0.25) is 5.82 Å². The second-order valence-corrected chi connectivity index (χ2v) is 5.32. The fraction of sp³-hybridized carbons (Fsp3) is 0.400. The molecule has 2 N–H and O–H groups in total. The van der Waals surface area contributed by atoms with Crippen LogP contribution in [0.3, 0.4) is 0 Å². The molecule has 3 aromatic heterocycles. The van der Waals surface area contributed by atoms with Crippen LogP contribution in [0.1, 0.15) is 19.5 Å². The van der Waals surface area contributed by atoms with Gasteiger partial charge in [-0.2, -0.15) is 10.1 Å². The number of aliphatic hydroxyl groups excluding tert-OH is 1. The molecule has 10 heteroatoms. The first-order valence-corrected chi connectivity index (χ1v) is 7.92. The molecular weight excluding hydrogens is 328 g/mol. The average Bonchev–Trinajstić information content (AvgIpc) is 3.23. The third kappa shape index (κ3) is 3.03. The summed E-state index contributed by atoms with van der Waals surface area (Å²) in [4.78, 5) is 30.2. The Morgan fingerprint density at radius 2 is 2.08 bits per heavy atom. The highest BCUT2D eigenvalue weighted by molar-refractivity contribution is 5.60. The van der Waals surface area contributed by atoms with Crippen LogP contribution >= 0.6 is 0 Å². The van der Waals surface area contributed by atoms with Crippen molar-refractivity contribution in [2.45, 2.75) is 33.4 Å². The molecule has 0 fully saturated rings. The molecule has 0 aliphatic rings. The largest absolute Gasteiger partial charge is 0.395 e. The number of aliphatic hydroxyl groups is 1. The van der Waals surface area contributed by atoms with Crippen LogP contribution in [0.2, 0.25) is 0 Å². The monoisotopic (exact) mass is 346 g/mol. The van der Waals surface area contributed by atoms with E-state index in [2.05, 4.69) is 20.2 Å². The van der Waals surface area contributed by atoms with E-state index in [0.29, 0.717) is 5.56 Å². The van der Waals surface area contributed by atoms with Crippen molar-refractivity contribution < 1.29 is 9.63 Å². The van der Waals surface area contributed by atoms with Crippen molar-refractivity contribution in [2.75, 3.05) is 6.61 Å². The van der Waals surface area contributed by atoms with Crippen molar-refractivity contribution in [1.82, 2.24) is 29.5 Å². The number of hydrogen-bond acceptors (Lipinski definition) is 7. The summed E-state index contributed by atoms with van der Waals surface area (Å²) < 4.78 is 8.31. The zero-order valence-electron chi connectivity index (χ0n) is 13.9. The van der Waals surface area contributed by atoms with Gasteiger partial charge in [-0.1, -0.05) is 12.1 Å². The van der Waals surface area contributed by atoms with E-state index < -0.39 is 11.2 Å². The van der Waals surface area contributed by atoms with E-state index in [-0.39, 0.29) is 30.4 Å². The highest BCUT2D eigenvalue weighted by Gasteiger charge is 2.19. The third-order valence-corrected chi connectivity index (χ3v) is 3.83. The molecule has 25 heavy (non-hydrogen) atoms. The lowest BCUT2D eigenvalue weighted by Crippen LogP contribution is -2.31. The Labute approximate surface area is 141 Å². The Morgan fingerprint density at radius 1 is 1.28 bits per heavy atom. The second kappa shape index (κ2) is 6.85. The van der Waals surface area contributed by atoms with Gasteiger partial charge < -0.3 is 9.63 Å². The summed E-state index contributed by atoms with van der Waals surface area (Å²) in [7, 11) is 0. The number of nitrogens with one attached hydrogen (secondary N) is 1. The van der Waals surface area contributed by atoms with Gasteiger partial charge in [0.25, 0.3) is 11.4 Å². The van der Waals surface area contributed by atoms with Gasteiger partial charge in [0.1, 0.15) is 5.56 Å². The minimum atomic E-state index is -0.619. The molecule has 3 rings (SSSR count). The minimum Gasteiger partial charge on any atom is -0.395 e. The molecule has 0 spiro atoms. The van der Waals surface area contributed by atoms with Gasteiger partial charge in [-0.05, 0) is 13.3 Å². The van der Waals surface area contributed by atoms with Gasteiger partial charge in [0.15, 0.2) is 0 Å². The molecule has 0 amide bonds. The lowest BCUT2D eigenvalue weighted by Gasteiger charge is -2.03. The van der Waals surface area contributed by atoms with Crippen molar-refractivity contribution in [3.05, 3.63) is 38.9 Å². The molecule has 10 nitrogen and oxygen atoms in total. The molecule has 0 saturated carbocycles. The number of nitrogens with zero attached hydrogens (tertiary/aromatic N) is 5. The fourth-order valence-corrected chi connectivity index (χ4v) is 2.62. The van der Waals surface area contributed by atoms with Crippen LogP contribution in [0.15, 0.2) is 26.5 Å². The van der Waals surface area contributed by atoms with Crippen LogP contribution in [0.4, 0.5) is 0 Å². The van der Waals surface area contributed by atoms with E-state index in [4.69, 9.17) is 9.63 Å². The first kappa shape index (κ1) is 16.8. The van der Waals surface area contributed by atoms with Crippen molar-refractivity contribution in [3.8, 4) is 22.8 Å². The van der Waals surface area contributed by atoms with Crippen molar-refractivity contribution in [1.29, 1.82) is 0 Å². The molecule has 0 unspecified atom stereocenters. The van der Waals surface area contributed by atoms with Crippen LogP contribution < -0.4 is 11.2 Å². The Kier molecular flexibility index (Phi) is 4.61. The number of H-pyrrole nitrogens is 1. The van der Waals surface area contributed by atoms with Crippen LogP contribution in [-0.4, -0.2) is 41.2 Å². The summed E-state index contributed by atoms with van der Waals surface area (Å²) >= 11 is 0. The molecule has 3 heterocycles. The van der Waals surface area contributed by atoms with E-state index in [1.165, 1.54) is 10.8 Å². The molecular formula is C15H18N6O4. The molecule has 3 aromatic rings. The summed E-state index contributed by atoms with van der Waals surface area (Å²) in [5, 5.41) is 17.1. The SMILES string of the molecule is CCc1c(-c2nc(-c3cn(CCO)c(=O)[nH]c3=O)no2)cnn1CC. The van der Waals surface area contributed by atoms with Crippen molar-refractivity contribution in [3.63, 3.8) is 0 Å². The molecule has 0 radical (unpaired) electrons. The summed E-state index contributed by atoms with van der Waals surface area (Å²) in [5.41, 5.74) is 0.527. The summed E-state index contributed by atoms with van der Waals surface area (Å²) in [6, 6.07) is 0. The van der Waals surface area contributed by atoms with Crippen LogP contribution in [0.5, 0.6) is 0 Å². The molecule has 0 aliphatic carbocycles. The van der Waals surface area contributed by atoms with E-state index >= 15 is 0 Å². The lowest BCUT2D eigenvalue weighted by molar-refractivity contribution is 0.273. The first-order valence-electron chi connectivity index (χ1n) is 7.92. The maximum atomic E-state index is 12.0. The molecule has 0 atom stereocenters. The van der Waals surface area contributed by atoms with E-state index in [9.17, 15) is 9.59 Å². The molecule has 0 aliphatic heterocycles. The van der Waals surface area contributed by atoms with Crippen LogP contribution in [0.25, 0.3) is 22.8 Å². The maximum absolute atomic E-state index is 12.0. The van der Waals surface area contributed by atoms with E-state index in [1.807, 2.05) is 18.5 Å². The quantitative estimate of drug-likeness (QED) is 0.643. The highest BCUT2D eigenvalue weighted by Crippen LogP contribution is 2.24. The summed E-state index contributed by atoms with van der Waals surface area (Å²) in [5.74, 6) is 0.320. The zero-order valence-corrected chi connectivity index (χ0v) is 13.9. The lowest BCUT2D eigenvalue weighted by atomic mass is 10.2. The highest BCUT2D eigenvalue weighted by atomic mass is 16.5. The van der Waals surface area contributed by atoms with Gasteiger partial charge in [-0.15, -0.1) is 0 Å². The van der Waals surface area contributed by atoms with Gasteiger partial charge >= 0.3 is 5.69 Å². The second-order valence-electron chi connectivity index (χ2n) is 5.32. The van der Waals surface area contributed by atoms with Gasteiger partial charge in [0, 0.05) is 12.7 Å². The van der Waals surface area contributed by atoms with Gasteiger partial charge in [-0.25, -0.2) is 4.79 Å². The Hall–Kier alpha value is -3.01. The van der Waals surface area contributed by atoms with Crippen LogP contribution in [0, 0.1) is 0 Å². The van der Waals surface area contributed by atoms with Gasteiger partial charge in [-0.3, -0.25) is 19.0 Å². The minimum absolute atomic E-state index is 0.0522. The Morgan fingerprint density at radius 3 is 2.76 bits per heavy atom. The third-order valence-electron chi connectivity index (χ3n) is 3.83. The zero-order chi connectivity index (χ0) is 18.0. The maximum Gasteiger partial charge on any atom is 0.328 e. The van der Waals surface area contributed by atoms with Crippen molar-refractivity contribution >= 4 is 0 Å². The fourth-order valence-electron chi connectivity index (χ4n) is 2.62. The normalized spacial score (nSPS) is 11.2. The predicted molar refractivity (Wildman–Crippen MR) is 88.0 cm³/mol. The number of aryl methyl sites for hydroxylation is 1.